The van der Waals surface area contributed by atoms with E-state index in [0.717, 1.165) is 32.1 Å². The summed E-state index contributed by atoms with van der Waals surface area (Å²) in [5, 5.41) is 12.6. The van der Waals surface area contributed by atoms with Crippen LogP contribution in [0.5, 0.6) is 0 Å². The van der Waals surface area contributed by atoms with E-state index in [1.165, 1.54) is 12.1 Å². The normalized spacial score (nSPS) is 42.0. The minimum absolute atomic E-state index is 0.0640. The predicted molar refractivity (Wildman–Crippen MR) is 95.8 cm³/mol. The number of carbonyl (C=O) groups excluding carboxylic acids is 2. The Labute approximate surface area is 158 Å². The average molecular weight is 366 g/mol. The van der Waals surface area contributed by atoms with E-state index < -0.39 is 5.92 Å². The first-order valence-corrected chi connectivity index (χ1v) is 10.1. The minimum Gasteiger partial charge on any atom is -0.352 e. The second kappa shape index (κ2) is 6.15. The second-order valence-corrected chi connectivity index (χ2v) is 8.78. The van der Waals surface area contributed by atoms with Gasteiger partial charge in [-0.2, -0.15) is 5.26 Å². The van der Waals surface area contributed by atoms with Crippen LogP contribution in [0.1, 0.15) is 42.5 Å². The highest BCUT2D eigenvalue weighted by atomic mass is 19.1. The summed E-state index contributed by atoms with van der Waals surface area (Å²) in [6.45, 7) is 0. The van der Waals surface area contributed by atoms with Crippen molar-refractivity contribution in [1.82, 2.24) is 5.32 Å². The van der Waals surface area contributed by atoms with E-state index in [0.29, 0.717) is 29.2 Å². The van der Waals surface area contributed by atoms with Crippen LogP contribution in [0.15, 0.2) is 24.3 Å². The van der Waals surface area contributed by atoms with Gasteiger partial charge in [0, 0.05) is 23.4 Å². The summed E-state index contributed by atoms with van der Waals surface area (Å²) in [6.07, 6.45) is 4.81. The molecule has 4 aliphatic rings. The van der Waals surface area contributed by atoms with Crippen LogP contribution < -0.4 is 5.32 Å². The fourth-order valence-corrected chi connectivity index (χ4v) is 7.01. The smallest absolute Gasteiger partial charge is 0.237 e. The van der Waals surface area contributed by atoms with Gasteiger partial charge in [0.2, 0.25) is 5.91 Å². The fraction of sp³-hybridized carbons (Fsp3) is 0.591. The largest absolute Gasteiger partial charge is 0.352 e. The number of rotatable bonds is 2. The molecule has 1 aromatic rings. The Hall–Kier alpha value is -2.22. The third kappa shape index (κ3) is 2.38. The van der Waals surface area contributed by atoms with Crippen LogP contribution in [0.3, 0.4) is 0 Å². The third-order valence-electron chi connectivity index (χ3n) is 7.82. The summed E-state index contributed by atoms with van der Waals surface area (Å²) in [7, 11) is 0. The molecule has 5 rings (SSSR count). The van der Waals surface area contributed by atoms with Gasteiger partial charge in [0.05, 0.1) is 6.07 Å². The van der Waals surface area contributed by atoms with Gasteiger partial charge in [0.15, 0.2) is 5.78 Å². The van der Waals surface area contributed by atoms with Crippen molar-refractivity contribution in [3.05, 3.63) is 35.6 Å². The van der Waals surface area contributed by atoms with Crippen LogP contribution in [-0.2, 0) is 4.79 Å². The van der Waals surface area contributed by atoms with Crippen molar-refractivity contribution in [1.29, 1.82) is 5.26 Å². The van der Waals surface area contributed by atoms with Gasteiger partial charge in [0.1, 0.15) is 11.7 Å². The first kappa shape index (κ1) is 16.9. The number of nitriles is 1. The number of nitrogens with zero attached hydrogens (tertiary/aromatic N) is 1. The molecule has 1 saturated heterocycles. The third-order valence-corrected chi connectivity index (χ3v) is 7.82. The van der Waals surface area contributed by atoms with Gasteiger partial charge in [-0.3, -0.25) is 9.59 Å². The van der Waals surface area contributed by atoms with Crippen molar-refractivity contribution < 1.29 is 14.0 Å². The Morgan fingerprint density at radius 1 is 1.11 bits per heavy atom. The van der Waals surface area contributed by atoms with E-state index in [2.05, 4.69) is 11.4 Å². The molecule has 8 unspecified atom stereocenters. The Balaban J connectivity index is 1.46. The number of ketones is 1. The maximum atomic E-state index is 13.6. The summed E-state index contributed by atoms with van der Waals surface area (Å²) >= 11 is 0. The predicted octanol–water partition coefficient (Wildman–Crippen LogP) is 3.34. The number of amides is 1. The van der Waals surface area contributed by atoms with Gasteiger partial charge in [-0.05, 0) is 61.5 Å². The monoisotopic (exact) mass is 366 g/mol. The fourth-order valence-electron chi connectivity index (χ4n) is 7.01. The topological polar surface area (TPSA) is 70.0 Å². The summed E-state index contributed by atoms with van der Waals surface area (Å²) in [5.41, 5.74) is 0.474. The van der Waals surface area contributed by atoms with Gasteiger partial charge in [0.25, 0.3) is 0 Å². The Morgan fingerprint density at radius 2 is 1.93 bits per heavy atom. The van der Waals surface area contributed by atoms with Gasteiger partial charge in [-0.15, -0.1) is 0 Å². The molecule has 4 fully saturated rings. The van der Waals surface area contributed by atoms with Gasteiger partial charge < -0.3 is 5.32 Å². The zero-order valence-corrected chi connectivity index (χ0v) is 15.1. The van der Waals surface area contributed by atoms with Crippen molar-refractivity contribution in [3.8, 4) is 6.07 Å². The lowest BCUT2D eigenvalue weighted by molar-refractivity contribution is -0.122. The number of Topliss-reactive ketones (excluding diaryl/α,β-unsaturated/α-hetero) is 1. The number of hydrogen-bond donors (Lipinski definition) is 1. The van der Waals surface area contributed by atoms with E-state index in [-0.39, 0.29) is 35.4 Å². The SMILES string of the molecule is N#CC1C(=O)NC2C3CCCC4C(C(=O)c5cccc(F)c5)CCC(C43)C12. The van der Waals surface area contributed by atoms with Crippen molar-refractivity contribution in [2.75, 3.05) is 0 Å². The molecule has 1 N–H and O–H groups in total. The molecular formula is C22H23FN2O2. The number of benzene rings is 1. The highest BCUT2D eigenvalue weighted by Crippen LogP contribution is 2.61. The van der Waals surface area contributed by atoms with Crippen LogP contribution in [0, 0.1) is 58.6 Å². The lowest BCUT2D eigenvalue weighted by atomic mass is 9.58. The minimum atomic E-state index is -0.540. The zero-order valence-electron chi connectivity index (χ0n) is 15.1. The lowest BCUT2D eigenvalue weighted by Crippen LogP contribution is -2.44. The molecule has 3 aliphatic carbocycles. The molecule has 1 aromatic carbocycles. The highest BCUT2D eigenvalue weighted by Gasteiger charge is 2.63. The summed E-state index contributed by atoms with van der Waals surface area (Å²) in [4.78, 5) is 25.4. The summed E-state index contributed by atoms with van der Waals surface area (Å²) < 4.78 is 13.6. The molecule has 3 saturated carbocycles. The molecule has 1 amide bonds. The molecule has 8 atom stereocenters. The zero-order chi connectivity index (χ0) is 18.7. The molecule has 4 nitrogen and oxygen atoms in total. The van der Waals surface area contributed by atoms with Crippen LogP contribution in [-0.4, -0.2) is 17.7 Å². The van der Waals surface area contributed by atoms with Crippen LogP contribution in [0.4, 0.5) is 4.39 Å². The van der Waals surface area contributed by atoms with Gasteiger partial charge >= 0.3 is 0 Å². The number of fused-ring (bicyclic) bond motifs is 3. The quantitative estimate of drug-likeness (QED) is 0.816. The average Bonchev–Trinajstić information content (AvgIpc) is 3.16. The molecule has 0 bridgehead atoms. The molecule has 1 heterocycles. The lowest BCUT2D eigenvalue weighted by Gasteiger charge is -2.46. The molecule has 140 valence electrons. The van der Waals surface area contributed by atoms with E-state index in [9.17, 15) is 19.2 Å². The first-order chi connectivity index (χ1) is 13.1. The van der Waals surface area contributed by atoms with Crippen molar-refractivity contribution in [2.24, 2.45) is 41.4 Å². The van der Waals surface area contributed by atoms with E-state index in [4.69, 9.17) is 0 Å². The summed E-state index contributed by atoms with van der Waals surface area (Å²) in [6, 6.07) is 8.38. The van der Waals surface area contributed by atoms with Crippen LogP contribution in [0.2, 0.25) is 0 Å². The van der Waals surface area contributed by atoms with Crippen molar-refractivity contribution >= 4 is 11.7 Å². The number of hydrogen-bond acceptors (Lipinski definition) is 3. The van der Waals surface area contributed by atoms with E-state index in [1.54, 1.807) is 12.1 Å². The first-order valence-electron chi connectivity index (χ1n) is 10.1. The Bertz CT molecular complexity index is 847. The highest BCUT2D eigenvalue weighted by molar-refractivity contribution is 5.98. The maximum Gasteiger partial charge on any atom is 0.237 e. The number of carbonyl (C=O) groups is 2. The maximum absolute atomic E-state index is 13.6. The molecule has 0 aromatic heterocycles. The molecule has 5 heteroatoms. The van der Waals surface area contributed by atoms with Crippen molar-refractivity contribution in [2.45, 2.75) is 38.1 Å². The molecule has 0 spiro atoms. The van der Waals surface area contributed by atoms with Gasteiger partial charge in [-0.25, -0.2) is 4.39 Å². The van der Waals surface area contributed by atoms with Crippen LogP contribution >= 0.6 is 0 Å². The standard InChI is InChI=1S/C22H23FN2O2/c23-12-4-1-3-11(9-12)21(26)14-7-8-15-18-13(14)5-2-6-16(18)20-19(15)17(10-24)22(27)25-20/h1,3-4,9,13-20H,2,5-8H2,(H,25,27). The Morgan fingerprint density at radius 3 is 2.70 bits per heavy atom. The van der Waals surface area contributed by atoms with Crippen molar-refractivity contribution in [3.63, 3.8) is 0 Å². The molecule has 1 aliphatic heterocycles. The summed E-state index contributed by atoms with van der Waals surface area (Å²) in [5.74, 6) is 0.515. The Kier molecular flexibility index (Phi) is 3.86. The van der Waals surface area contributed by atoms with Crippen LogP contribution in [0.25, 0.3) is 0 Å². The molecule has 0 radical (unpaired) electrons. The second-order valence-electron chi connectivity index (χ2n) is 8.78. The van der Waals surface area contributed by atoms with Gasteiger partial charge in [-0.1, -0.05) is 18.6 Å². The number of halogens is 1. The van der Waals surface area contributed by atoms with E-state index in [1.807, 2.05) is 0 Å². The number of nitrogens with one attached hydrogen (secondary N) is 1. The van der Waals surface area contributed by atoms with E-state index >= 15 is 0 Å². The molecular weight excluding hydrogens is 343 g/mol. The molecule has 27 heavy (non-hydrogen) atoms.